The van der Waals surface area contributed by atoms with Crippen LogP contribution in [0.3, 0.4) is 0 Å². The summed E-state index contributed by atoms with van der Waals surface area (Å²) in [6.07, 6.45) is 0. The van der Waals surface area contributed by atoms with E-state index in [0.717, 1.165) is 11.3 Å². The largest absolute Gasteiger partial charge is 0.495 e. The minimum Gasteiger partial charge on any atom is -0.495 e. The summed E-state index contributed by atoms with van der Waals surface area (Å²) >= 11 is 0. The van der Waals surface area contributed by atoms with Crippen LogP contribution in [0.4, 0.5) is 11.4 Å². The van der Waals surface area contributed by atoms with Crippen molar-refractivity contribution in [2.45, 2.75) is 6.92 Å². The summed E-state index contributed by atoms with van der Waals surface area (Å²) < 4.78 is 5.25. The molecule has 2 aromatic carbocycles. The first-order chi connectivity index (χ1) is 10.6. The van der Waals surface area contributed by atoms with Crippen LogP contribution in [0.15, 0.2) is 42.5 Å². The number of ether oxygens (including phenoxy) is 1. The van der Waals surface area contributed by atoms with Gasteiger partial charge in [0.25, 0.3) is 0 Å². The number of rotatable bonds is 5. The third kappa shape index (κ3) is 4.00. The zero-order valence-electron chi connectivity index (χ0n) is 12.5. The molecule has 0 saturated carbocycles. The van der Waals surface area contributed by atoms with E-state index in [1.807, 2.05) is 31.2 Å². The van der Waals surface area contributed by atoms with Gasteiger partial charge >= 0.3 is 0 Å². The van der Waals surface area contributed by atoms with Gasteiger partial charge in [0.15, 0.2) is 0 Å². The Morgan fingerprint density at radius 1 is 1.27 bits per heavy atom. The van der Waals surface area contributed by atoms with Gasteiger partial charge in [-0.15, -0.1) is 0 Å². The molecule has 0 aliphatic carbocycles. The van der Waals surface area contributed by atoms with E-state index in [1.54, 1.807) is 31.4 Å². The van der Waals surface area contributed by atoms with Crippen molar-refractivity contribution in [3.63, 3.8) is 0 Å². The first-order valence-corrected chi connectivity index (χ1v) is 6.81. The van der Waals surface area contributed by atoms with Crippen molar-refractivity contribution in [1.29, 1.82) is 5.26 Å². The predicted octanol–water partition coefficient (Wildman–Crippen LogP) is 2.93. The fourth-order valence-electron chi connectivity index (χ4n) is 2.01. The Kier molecular flexibility index (Phi) is 4.99. The lowest BCUT2D eigenvalue weighted by Crippen LogP contribution is -2.22. The van der Waals surface area contributed by atoms with Crippen LogP contribution in [0.1, 0.15) is 11.1 Å². The molecule has 5 nitrogen and oxygen atoms in total. The van der Waals surface area contributed by atoms with Crippen LogP contribution in [0.5, 0.6) is 5.75 Å². The van der Waals surface area contributed by atoms with Crippen molar-refractivity contribution in [2.24, 2.45) is 0 Å². The molecule has 0 unspecified atom stereocenters. The maximum absolute atomic E-state index is 12.0. The number of aryl methyl sites for hydroxylation is 1. The van der Waals surface area contributed by atoms with Crippen LogP contribution in [0.25, 0.3) is 0 Å². The number of benzene rings is 2. The van der Waals surface area contributed by atoms with Crippen molar-refractivity contribution >= 4 is 17.3 Å². The average Bonchev–Trinajstić information content (AvgIpc) is 2.53. The number of amides is 1. The monoisotopic (exact) mass is 295 g/mol. The smallest absolute Gasteiger partial charge is 0.243 e. The zero-order valence-corrected chi connectivity index (χ0v) is 12.5. The second kappa shape index (κ2) is 7.14. The Labute approximate surface area is 129 Å². The number of methoxy groups -OCH3 is 1. The van der Waals surface area contributed by atoms with E-state index >= 15 is 0 Å². The van der Waals surface area contributed by atoms with E-state index in [1.165, 1.54) is 0 Å². The Bertz CT molecular complexity index is 720. The molecule has 2 N–H and O–H groups in total. The third-order valence-corrected chi connectivity index (χ3v) is 3.07. The highest BCUT2D eigenvalue weighted by molar-refractivity contribution is 5.94. The molecule has 0 fully saturated rings. The Morgan fingerprint density at radius 3 is 2.82 bits per heavy atom. The minimum atomic E-state index is -0.196. The van der Waals surface area contributed by atoms with Gasteiger partial charge in [-0.1, -0.05) is 12.1 Å². The molecule has 112 valence electrons. The van der Waals surface area contributed by atoms with Gasteiger partial charge in [0.1, 0.15) is 5.75 Å². The number of hydrogen-bond donors (Lipinski definition) is 2. The van der Waals surface area contributed by atoms with Crippen LogP contribution in [0.2, 0.25) is 0 Å². The number of carbonyl (C=O) groups is 1. The average molecular weight is 295 g/mol. The van der Waals surface area contributed by atoms with Gasteiger partial charge in [-0.05, 0) is 42.8 Å². The van der Waals surface area contributed by atoms with Crippen molar-refractivity contribution in [3.8, 4) is 11.8 Å². The van der Waals surface area contributed by atoms with E-state index in [9.17, 15) is 4.79 Å². The first kappa shape index (κ1) is 15.4. The highest BCUT2D eigenvalue weighted by atomic mass is 16.5. The number of nitrogens with zero attached hydrogens (tertiary/aromatic N) is 1. The molecule has 0 radical (unpaired) electrons. The summed E-state index contributed by atoms with van der Waals surface area (Å²) in [6, 6.07) is 14.5. The summed E-state index contributed by atoms with van der Waals surface area (Å²) in [6.45, 7) is 2.08. The van der Waals surface area contributed by atoms with Crippen LogP contribution in [-0.4, -0.2) is 19.6 Å². The van der Waals surface area contributed by atoms with E-state index in [0.29, 0.717) is 17.0 Å². The SMILES string of the molecule is COc1ccc(C)cc1NCC(=O)Nc1cccc(C#N)c1. The van der Waals surface area contributed by atoms with Crippen LogP contribution >= 0.6 is 0 Å². The minimum absolute atomic E-state index is 0.108. The fourth-order valence-corrected chi connectivity index (χ4v) is 2.01. The van der Waals surface area contributed by atoms with Crippen molar-refractivity contribution in [1.82, 2.24) is 0 Å². The van der Waals surface area contributed by atoms with Gasteiger partial charge in [0, 0.05) is 5.69 Å². The van der Waals surface area contributed by atoms with Crippen molar-refractivity contribution < 1.29 is 9.53 Å². The quantitative estimate of drug-likeness (QED) is 0.889. The zero-order chi connectivity index (χ0) is 15.9. The van der Waals surface area contributed by atoms with Gasteiger partial charge in [-0.25, -0.2) is 0 Å². The van der Waals surface area contributed by atoms with E-state index in [-0.39, 0.29) is 12.5 Å². The van der Waals surface area contributed by atoms with Crippen LogP contribution < -0.4 is 15.4 Å². The van der Waals surface area contributed by atoms with Gasteiger partial charge in [-0.2, -0.15) is 5.26 Å². The molecule has 0 saturated heterocycles. The van der Waals surface area contributed by atoms with E-state index < -0.39 is 0 Å². The second-order valence-electron chi connectivity index (χ2n) is 4.80. The number of nitriles is 1. The molecule has 1 amide bonds. The number of hydrogen-bond acceptors (Lipinski definition) is 4. The molecule has 2 rings (SSSR count). The molecular weight excluding hydrogens is 278 g/mol. The molecule has 0 aromatic heterocycles. The van der Waals surface area contributed by atoms with Crippen molar-refractivity contribution in [2.75, 3.05) is 24.3 Å². The standard InChI is InChI=1S/C17H17N3O2/c1-12-6-7-16(22-2)15(8-12)19-11-17(21)20-14-5-3-4-13(9-14)10-18/h3-9,19H,11H2,1-2H3,(H,20,21). The van der Waals surface area contributed by atoms with Gasteiger partial charge < -0.3 is 15.4 Å². The maximum atomic E-state index is 12.0. The van der Waals surface area contributed by atoms with E-state index in [4.69, 9.17) is 10.00 Å². The first-order valence-electron chi connectivity index (χ1n) is 6.81. The lowest BCUT2D eigenvalue weighted by atomic mass is 10.2. The molecule has 5 heteroatoms. The highest BCUT2D eigenvalue weighted by Crippen LogP contribution is 2.24. The lowest BCUT2D eigenvalue weighted by molar-refractivity contribution is -0.114. The van der Waals surface area contributed by atoms with Crippen LogP contribution in [-0.2, 0) is 4.79 Å². The number of carbonyl (C=O) groups excluding carboxylic acids is 1. The Hall–Kier alpha value is -3.00. The normalized spacial score (nSPS) is 9.68. The molecule has 0 aliphatic heterocycles. The third-order valence-electron chi connectivity index (χ3n) is 3.07. The molecule has 22 heavy (non-hydrogen) atoms. The predicted molar refractivity (Wildman–Crippen MR) is 86.0 cm³/mol. The second-order valence-corrected chi connectivity index (χ2v) is 4.80. The topological polar surface area (TPSA) is 74.2 Å². The summed E-state index contributed by atoms with van der Waals surface area (Å²) in [5, 5.41) is 14.6. The maximum Gasteiger partial charge on any atom is 0.243 e. The molecule has 0 spiro atoms. The molecule has 2 aromatic rings. The van der Waals surface area contributed by atoms with Gasteiger partial charge in [-0.3, -0.25) is 4.79 Å². The molecule has 0 aliphatic rings. The van der Waals surface area contributed by atoms with Crippen molar-refractivity contribution in [3.05, 3.63) is 53.6 Å². The molecule has 0 bridgehead atoms. The molecule has 0 atom stereocenters. The van der Waals surface area contributed by atoms with Crippen LogP contribution in [0, 0.1) is 18.3 Å². The lowest BCUT2D eigenvalue weighted by Gasteiger charge is -2.12. The Balaban J connectivity index is 1.98. The Morgan fingerprint density at radius 2 is 2.09 bits per heavy atom. The highest BCUT2D eigenvalue weighted by Gasteiger charge is 2.06. The molecular formula is C17H17N3O2. The summed E-state index contributed by atoms with van der Waals surface area (Å²) in [5.74, 6) is 0.489. The van der Waals surface area contributed by atoms with Gasteiger partial charge in [0.05, 0.1) is 31.0 Å². The molecule has 0 heterocycles. The number of nitrogens with one attached hydrogen (secondary N) is 2. The fraction of sp³-hybridized carbons (Fsp3) is 0.176. The summed E-state index contributed by atoms with van der Waals surface area (Å²) in [7, 11) is 1.59. The van der Waals surface area contributed by atoms with E-state index in [2.05, 4.69) is 10.6 Å². The summed E-state index contributed by atoms with van der Waals surface area (Å²) in [5.41, 5.74) is 2.95. The number of anilines is 2. The van der Waals surface area contributed by atoms with Gasteiger partial charge in [0.2, 0.25) is 5.91 Å². The summed E-state index contributed by atoms with van der Waals surface area (Å²) in [4.78, 5) is 12.0.